The quantitative estimate of drug-likeness (QED) is 0.685. The molecule has 0 radical (unpaired) electrons. The van der Waals surface area contributed by atoms with Crippen LogP contribution in [0.3, 0.4) is 0 Å². The molecule has 0 aliphatic rings. The first-order valence-corrected chi connectivity index (χ1v) is 7.80. The minimum absolute atomic E-state index is 0.166. The Kier molecular flexibility index (Phi) is 3.82. The zero-order valence-corrected chi connectivity index (χ0v) is 14.3. The molecule has 1 aromatic carbocycles. The van der Waals surface area contributed by atoms with Crippen LogP contribution in [-0.4, -0.2) is 15.5 Å². The van der Waals surface area contributed by atoms with Gasteiger partial charge in [0.1, 0.15) is 5.69 Å². The Hall–Kier alpha value is -1.66. The van der Waals surface area contributed by atoms with Crippen molar-refractivity contribution < 1.29 is 4.79 Å². The number of amides is 1. The van der Waals surface area contributed by atoms with Crippen molar-refractivity contribution in [2.24, 2.45) is 7.05 Å². The van der Waals surface area contributed by atoms with Gasteiger partial charge in [0.2, 0.25) is 0 Å². The van der Waals surface area contributed by atoms with Crippen LogP contribution in [0.5, 0.6) is 0 Å². The minimum atomic E-state index is -0.166. The van der Waals surface area contributed by atoms with Gasteiger partial charge in [0.05, 0.1) is 11.2 Å². The highest BCUT2D eigenvalue weighted by Crippen LogP contribution is 2.24. The van der Waals surface area contributed by atoms with Gasteiger partial charge in [-0.05, 0) is 50.1 Å². The molecule has 0 saturated carbocycles. The number of rotatable bonds is 2. The van der Waals surface area contributed by atoms with Crippen molar-refractivity contribution in [3.8, 4) is 0 Å². The summed E-state index contributed by atoms with van der Waals surface area (Å²) in [6, 6.07) is 9.45. The van der Waals surface area contributed by atoms with Crippen molar-refractivity contribution in [3.63, 3.8) is 0 Å². The number of carbonyl (C=O) groups is 1. The maximum atomic E-state index is 12.4. The molecular weight excluding hydrogens is 398 g/mol. The zero-order chi connectivity index (χ0) is 15.0. The molecule has 0 aliphatic heterocycles. The second-order valence-electron chi connectivity index (χ2n) is 4.64. The number of nitrogens with zero attached hydrogens (tertiary/aromatic N) is 2. The molecule has 0 saturated heterocycles. The molecule has 0 unspecified atom stereocenters. The van der Waals surface area contributed by atoms with E-state index in [0.29, 0.717) is 11.4 Å². The van der Waals surface area contributed by atoms with Gasteiger partial charge >= 0.3 is 0 Å². The van der Waals surface area contributed by atoms with Crippen LogP contribution in [0.4, 0.5) is 5.69 Å². The number of para-hydroxylation sites is 1. The average Bonchev–Trinajstić information content (AvgIpc) is 2.77. The standard InChI is InChI=1S/C15H11Br2N3O/c1-20-8-11(17)6-13(20)15(21)19-12-4-2-3-9-5-10(16)7-18-14(9)12/h2-8H,1H3,(H,19,21). The van der Waals surface area contributed by atoms with Gasteiger partial charge in [0.25, 0.3) is 5.91 Å². The zero-order valence-electron chi connectivity index (χ0n) is 11.1. The van der Waals surface area contributed by atoms with E-state index in [9.17, 15) is 4.79 Å². The molecule has 4 nitrogen and oxygen atoms in total. The van der Waals surface area contributed by atoms with Crippen LogP contribution in [0.15, 0.2) is 51.7 Å². The van der Waals surface area contributed by atoms with Crippen LogP contribution < -0.4 is 5.32 Å². The number of hydrogen-bond donors (Lipinski definition) is 1. The van der Waals surface area contributed by atoms with Gasteiger partial charge in [0, 0.05) is 33.8 Å². The summed E-state index contributed by atoms with van der Waals surface area (Å²) in [5, 5.41) is 3.88. The molecule has 1 N–H and O–H groups in total. The van der Waals surface area contributed by atoms with Gasteiger partial charge < -0.3 is 9.88 Å². The highest BCUT2D eigenvalue weighted by Gasteiger charge is 2.13. The van der Waals surface area contributed by atoms with E-state index in [-0.39, 0.29) is 5.91 Å². The number of halogens is 2. The van der Waals surface area contributed by atoms with E-state index in [1.807, 2.05) is 37.5 Å². The molecule has 3 aromatic rings. The van der Waals surface area contributed by atoms with Gasteiger partial charge in [-0.1, -0.05) is 12.1 Å². The lowest BCUT2D eigenvalue weighted by Gasteiger charge is -2.08. The van der Waals surface area contributed by atoms with Crippen LogP contribution in [0.25, 0.3) is 10.9 Å². The first kappa shape index (κ1) is 14.3. The van der Waals surface area contributed by atoms with Gasteiger partial charge in [0.15, 0.2) is 0 Å². The molecule has 106 valence electrons. The van der Waals surface area contributed by atoms with Crippen LogP contribution in [-0.2, 0) is 7.05 Å². The van der Waals surface area contributed by atoms with Crippen molar-refractivity contribution in [1.29, 1.82) is 0 Å². The largest absolute Gasteiger partial charge is 0.345 e. The third-order valence-electron chi connectivity index (χ3n) is 3.13. The fourth-order valence-electron chi connectivity index (χ4n) is 2.17. The van der Waals surface area contributed by atoms with E-state index in [4.69, 9.17) is 0 Å². The minimum Gasteiger partial charge on any atom is -0.345 e. The molecule has 2 heterocycles. The Labute approximate surface area is 138 Å². The van der Waals surface area contributed by atoms with Gasteiger partial charge in [-0.3, -0.25) is 9.78 Å². The number of hydrogen-bond acceptors (Lipinski definition) is 2. The predicted octanol–water partition coefficient (Wildman–Crippen LogP) is 4.35. The maximum absolute atomic E-state index is 12.4. The molecule has 0 bridgehead atoms. The third-order valence-corrected chi connectivity index (χ3v) is 4.00. The fourth-order valence-corrected chi connectivity index (χ4v) is 3.04. The molecule has 2 aromatic heterocycles. The Morgan fingerprint density at radius 1 is 1.24 bits per heavy atom. The number of pyridine rings is 1. The molecule has 21 heavy (non-hydrogen) atoms. The first-order chi connectivity index (χ1) is 10.0. The third kappa shape index (κ3) is 2.87. The summed E-state index contributed by atoms with van der Waals surface area (Å²) in [4.78, 5) is 16.7. The molecular formula is C15H11Br2N3O. The van der Waals surface area contributed by atoms with Crippen LogP contribution in [0.2, 0.25) is 0 Å². The number of nitrogens with one attached hydrogen (secondary N) is 1. The number of aryl methyl sites for hydroxylation is 1. The number of fused-ring (bicyclic) bond motifs is 1. The van der Waals surface area contributed by atoms with E-state index < -0.39 is 0 Å². The first-order valence-electron chi connectivity index (χ1n) is 6.22. The van der Waals surface area contributed by atoms with Crippen LogP contribution >= 0.6 is 31.9 Å². The summed E-state index contributed by atoms with van der Waals surface area (Å²) < 4.78 is 3.55. The number of anilines is 1. The molecule has 0 aliphatic carbocycles. The van der Waals surface area contributed by atoms with Crippen molar-refractivity contribution in [3.05, 3.63) is 57.4 Å². The van der Waals surface area contributed by atoms with E-state index >= 15 is 0 Å². The van der Waals surface area contributed by atoms with Crippen molar-refractivity contribution in [2.45, 2.75) is 0 Å². The molecule has 6 heteroatoms. The Morgan fingerprint density at radius 3 is 2.76 bits per heavy atom. The van der Waals surface area contributed by atoms with E-state index in [0.717, 1.165) is 19.8 Å². The smallest absolute Gasteiger partial charge is 0.272 e. The Bertz CT molecular complexity index is 842. The molecule has 0 atom stereocenters. The highest BCUT2D eigenvalue weighted by atomic mass is 79.9. The molecule has 0 fully saturated rings. The Morgan fingerprint density at radius 2 is 2.05 bits per heavy atom. The summed E-state index contributed by atoms with van der Waals surface area (Å²) in [7, 11) is 1.83. The van der Waals surface area contributed by atoms with Crippen LogP contribution in [0.1, 0.15) is 10.5 Å². The number of benzene rings is 1. The average molecular weight is 409 g/mol. The monoisotopic (exact) mass is 407 g/mol. The topological polar surface area (TPSA) is 46.9 Å². The number of carbonyl (C=O) groups excluding carboxylic acids is 1. The predicted molar refractivity (Wildman–Crippen MR) is 90.5 cm³/mol. The summed E-state index contributed by atoms with van der Waals surface area (Å²) in [6.45, 7) is 0. The lowest BCUT2D eigenvalue weighted by Crippen LogP contribution is -2.15. The second-order valence-corrected chi connectivity index (χ2v) is 6.47. The van der Waals surface area contributed by atoms with E-state index in [1.54, 1.807) is 16.8 Å². The SMILES string of the molecule is Cn1cc(Br)cc1C(=O)Nc1cccc2cc(Br)cnc12. The molecule has 0 spiro atoms. The van der Waals surface area contributed by atoms with Crippen molar-refractivity contribution in [2.75, 3.05) is 5.32 Å². The van der Waals surface area contributed by atoms with Gasteiger partial charge in [-0.2, -0.15) is 0 Å². The summed E-state index contributed by atoms with van der Waals surface area (Å²) in [5.74, 6) is -0.166. The maximum Gasteiger partial charge on any atom is 0.272 e. The Balaban J connectivity index is 1.98. The lowest BCUT2D eigenvalue weighted by molar-refractivity contribution is 0.101. The van der Waals surface area contributed by atoms with E-state index in [1.165, 1.54) is 0 Å². The number of aromatic nitrogens is 2. The summed E-state index contributed by atoms with van der Waals surface area (Å²) >= 11 is 6.76. The summed E-state index contributed by atoms with van der Waals surface area (Å²) in [5.41, 5.74) is 2.04. The van der Waals surface area contributed by atoms with Crippen molar-refractivity contribution >= 4 is 54.4 Å². The lowest BCUT2D eigenvalue weighted by atomic mass is 10.2. The fraction of sp³-hybridized carbons (Fsp3) is 0.0667. The summed E-state index contributed by atoms with van der Waals surface area (Å²) in [6.07, 6.45) is 3.56. The van der Waals surface area contributed by atoms with Gasteiger partial charge in [-0.25, -0.2) is 0 Å². The second kappa shape index (κ2) is 5.61. The van der Waals surface area contributed by atoms with Crippen molar-refractivity contribution in [1.82, 2.24) is 9.55 Å². The van der Waals surface area contributed by atoms with Gasteiger partial charge in [-0.15, -0.1) is 0 Å². The molecule has 3 rings (SSSR count). The normalized spacial score (nSPS) is 10.8. The van der Waals surface area contributed by atoms with E-state index in [2.05, 4.69) is 42.2 Å². The highest BCUT2D eigenvalue weighted by molar-refractivity contribution is 9.10. The van der Waals surface area contributed by atoms with Crippen LogP contribution in [0, 0.1) is 0 Å². The molecule has 1 amide bonds.